The number of carbonyl (C=O) groups excluding carboxylic acids is 2. The zero-order valence-corrected chi connectivity index (χ0v) is 12.4. The molecule has 0 spiro atoms. The quantitative estimate of drug-likeness (QED) is 0.322. The van der Waals surface area contributed by atoms with Crippen LogP contribution in [-0.4, -0.2) is 29.6 Å². The second kappa shape index (κ2) is 9.55. The van der Waals surface area contributed by atoms with Crippen LogP contribution in [0.2, 0.25) is 0 Å². The molecule has 1 N–H and O–H groups in total. The Labute approximate surface area is 116 Å². The zero-order valence-electron chi connectivity index (χ0n) is 10.8. The maximum atomic E-state index is 11.4. The van der Waals surface area contributed by atoms with Gasteiger partial charge in [0.1, 0.15) is 0 Å². The highest BCUT2D eigenvalue weighted by Gasteiger charge is 2.15. The summed E-state index contributed by atoms with van der Waals surface area (Å²) in [6.45, 7) is 1.73. The van der Waals surface area contributed by atoms with E-state index in [-0.39, 0.29) is 18.6 Å². The Morgan fingerprint density at radius 2 is 2.22 bits per heavy atom. The Balaban J connectivity index is 1.91. The van der Waals surface area contributed by atoms with E-state index in [9.17, 15) is 9.59 Å². The minimum atomic E-state index is -0.286. The summed E-state index contributed by atoms with van der Waals surface area (Å²) in [5, 5.41) is 3.37. The molecule has 18 heavy (non-hydrogen) atoms. The summed E-state index contributed by atoms with van der Waals surface area (Å²) < 4.78 is 4.77. The first-order chi connectivity index (χ1) is 8.72. The Morgan fingerprint density at radius 1 is 1.39 bits per heavy atom. The highest BCUT2D eigenvalue weighted by molar-refractivity contribution is 8.77. The molecule has 6 heteroatoms. The van der Waals surface area contributed by atoms with Gasteiger partial charge in [0.15, 0.2) is 6.73 Å². The third kappa shape index (κ3) is 7.16. The molecule has 1 aliphatic rings. The van der Waals surface area contributed by atoms with E-state index < -0.39 is 0 Å². The van der Waals surface area contributed by atoms with Crippen molar-refractivity contribution < 1.29 is 14.3 Å². The number of unbranched alkanes of at least 4 members (excludes halogenated alkanes) is 1. The first-order valence-electron chi connectivity index (χ1n) is 6.43. The Hall–Kier alpha value is -0.360. The van der Waals surface area contributed by atoms with E-state index in [4.69, 9.17) is 4.74 Å². The number of hydrogen-bond acceptors (Lipinski definition) is 5. The smallest absolute Gasteiger partial charge is 0.307 e. The normalized spacial score (nSPS) is 18.6. The molecule has 1 rings (SSSR count). The van der Waals surface area contributed by atoms with E-state index in [0.29, 0.717) is 12.8 Å². The molecule has 0 radical (unpaired) electrons. The van der Waals surface area contributed by atoms with Crippen LogP contribution in [0, 0.1) is 0 Å². The van der Waals surface area contributed by atoms with Crippen molar-refractivity contribution in [3.05, 3.63) is 0 Å². The second-order valence-electron chi connectivity index (χ2n) is 4.19. The number of rotatable bonds is 8. The topological polar surface area (TPSA) is 55.4 Å². The summed E-state index contributed by atoms with van der Waals surface area (Å²) in [4.78, 5) is 22.2. The van der Waals surface area contributed by atoms with Gasteiger partial charge in [0, 0.05) is 23.8 Å². The first-order valence-corrected chi connectivity index (χ1v) is 8.81. The standard InChI is InChI=1S/C12H21NO3S2/c1-2-12(15)16-9-13-11(14)6-4-3-5-10-7-8-17-18-10/h10H,2-9H2,1H3,(H,13,14)/t10-/m0/s1. The fourth-order valence-electron chi connectivity index (χ4n) is 1.61. The van der Waals surface area contributed by atoms with Gasteiger partial charge in [-0.05, 0) is 19.3 Å². The van der Waals surface area contributed by atoms with Gasteiger partial charge in [0.05, 0.1) is 0 Å². The number of amides is 1. The van der Waals surface area contributed by atoms with Crippen molar-refractivity contribution in [3.8, 4) is 0 Å². The van der Waals surface area contributed by atoms with E-state index in [1.807, 2.05) is 21.6 Å². The van der Waals surface area contributed by atoms with Crippen molar-refractivity contribution in [1.29, 1.82) is 0 Å². The Morgan fingerprint density at radius 3 is 2.89 bits per heavy atom. The maximum absolute atomic E-state index is 11.4. The summed E-state index contributed by atoms with van der Waals surface area (Å²) in [5.74, 6) is 0.942. The predicted octanol–water partition coefficient (Wildman–Crippen LogP) is 2.73. The largest absolute Gasteiger partial charge is 0.444 e. The van der Waals surface area contributed by atoms with Gasteiger partial charge in [-0.3, -0.25) is 9.59 Å². The fourth-order valence-corrected chi connectivity index (χ4v) is 4.64. The lowest BCUT2D eigenvalue weighted by Crippen LogP contribution is -2.27. The van der Waals surface area contributed by atoms with E-state index in [1.165, 1.54) is 18.6 Å². The van der Waals surface area contributed by atoms with Gasteiger partial charge < -0.3 is 10.1 Å². The van der Waals surface area contributed by atoms with Crippen molar-refractivity contribution >= 4 is 33.5 Å². The monoisotopic (exact) mass is 291 g/mol. The van der Waals surface area contributed by atoms with Crippen LogP contribution in [0.15, 0.2) is 0 Å². The SMILES string of the molecule is CCC(=O)OCNC(=O)CCCC[C@H]1CCSS1. The van der Waals surface area contributed by atoms with Crippen LogP contribution in [0.5, 0.6) is 0 Å². The minimum absolute atomic E-state index is 0.000619. The number of nitrogens with one attached hydrogen (secondary N) is 1. The maximum Gasteiger partial charge on any atom is 0.307 e. The van der Waals surface area contributed by atoms with Crippen molar-refractivity contribution in [2.24, 2.45) is 0 Å². The molecule has 4 nitrogen and oxygen atoms in total. The molecular weight excluding hydrogens is 270 g/mol. The molecule has 1 atom stereocenters. The lowest BCUT2D eigenvalue weighted by atomic mass is 10.1. The molecule has 0 aromatic heterocycles. The van der Waals surface area contributed by atoms with Crippen LogP contribution >= 0.6 is 21.6 Å². The van der Waals surface area contributed by atoms with Crippen LogP contribution < -0.4 is 5.32 Å². The molecular formula is C12H21NO3S2. The number of carbonyl (C=O) groups is 2. The zero-order chi connectivity index (χ0) is 13.2. The van der Waals surface area contributed by atoms with Crippen molar-refractivity contribution in [1.82, 2.24) is 5.32 Å². The lowest BCUT2D eigenvalue weighted by Gasteiger charge is -2.07. The molecule has 0 aromatic rings. The van der Waals surface area contributed by atoms with E-state index in [1.54, 1.807) is 6.92 Å². The van der Waals surface area contributed by atoms with Crippen molar-refractivity contribution in [3.63, 3.8) is 0 Å². The molecule has 0 saturated carbocycles. The number of hydrogen-bond donors (Lipinski definition) is 1. The van der Waals surface area contributed by atoms with Gasteiger partial charge in [-0.1, -0.05) is 34.9 Å². The minimum Gasteiger partial charge on any atom is -0.444 e. The van der Waals surface area contributed by atoms with Crippen molar-refractivity contribution in [2.45, 2.75) is 50.7 Å². The summed E-state index contributed by atoms with van der Waals surface area (Å²) in [6.07, 6.45) is 5.38. The highest BCUT2D eigenvalue weighted by Crippen LogP contribution is 2.39. The molecule has 1 heterocycles. The molecule has 0 aliphatic carbocycles. The molecule has 104 valence electrons. The fraction of sp³-hybridized carbons (Fsp3) is 0.833. The van der Waals surface area contributed by atoms with Crippen LogP contribution in [0.25, 0.3) is 0 Å². The van der Waals surface area contributed by atoms with Crippen LogP contribution in [0.4, 0.5) is 0 Å². The Kier molecular flexibility index (Phi) is 8.33. The van der Waals surface area contributed by atoms with Gasteiger partial charge in [-0.2, -0.15) is 0 Å². The Bertz CT molecular complexity index is 268. The first kappa shape index (κ1) is 15.7. The third-order valence-electron chi connectivity index (χ3n) is 2.70. The van der Waals surface area contributed by atoms with E-state index >= 15 is 0 Å². The molecule has 1 fully saturated rings. The lowest BCUT2D eigenvalue weighted by molar-refractivity contribution is -0.144. The van der Waals surface area contributed by atoms with Gasteiger partial charge in [-0.25, -0.2) is 0 Å². The summed E-state index contributed by atoms with van der Waals surface area (Å²) >= 11 is 0. The molecule has 1 saturated heterocycles. The highest BCUT2D eigenvalue weighted by atomic mass is 33.1. The van der Waals surface area contributed by atoms with Gasteiger partial charge >= 0.3 is 5.97 Å². The summed E-state index contributed by atoms with van der Waals surface area (Å²) in [6, 6.07) is 0. The summed E-state index contributed by atoms with van der Waals surface area (Å²) in [5.41, 5.74) is 0. The number of ether oxygens (including phenoxy) is 1. The van der Waals surface area contributed by atoms with Crippen LogP contribution in [0.1, 0.15) is 45.4 Å². The molecule has 1 amide bonds. The third-order valence-corrected chi connectivity index (χ3v) is 5.71. The van der Waals surface area contributed by atoms with Gasteiger partial charge in [-0.15, -0.1) is 0 Å². The molecule has 0 bridgehead atoms. The van der Waals surface area contributed by atoms with Gasteiger partial charge in [0.25, 0.3) is 0 Å². The average molecular weight is 291 g/mol. The predicted molar refractivity (Wildman–Crippen MR) is 76.3 cm³/mol. The second-order valence-corrected chi connectivity index (χ2v) is 6.98. The van der Waals surface area contributed by atoms with E-state index in [0.717, 1.165) is 18.1 Å². The van der Waals surface area contributed by atoms with E-state index in [2.05, 4.69) is 5.32 Å². The molecule has 0 aromatic carbocycles. The van der Waals surface area contributed by atoms with Crippen LogP contribution in [0.3, 0.4) is 0 Å². The van der Waals surface area contributed by atoms with Gasteiger partial charge in [0.2, 0.25) is 5.91 Å². The van der Waals surface area contributed by atoms with Crippen molar-refractivity contribution in [2.75, 3.05) is 12.5 Å². The number of esters is 1. The van der Waals surface area contributed by atoms with Crippen LogP contribution in [-0.2, 0) is 14.3 Å². The molecule has 0 unspecified atom stereocenters. The summed E-state index contributed by atoms with van der Waals surface area (Å²) in [7, 11) is 3.93. The average Bonchev–Trinajstić information content (AvgIpc) is 2.87. The molecule has 1 aliphatic heterocycles.